The van der Waals surface area contributed by atoms with Gasteiger partial charge in [-0.05, 0) is 49.7 Å². The van der Waals surface area contributed by atoms with Gasteiger partial charge in [0.1, 0.15) is 5.75 Å². The fourth-order valence-corrected chi connectivity index (χ4v) is 8.14. The highest BCUT2D eigenvalue weighted by Crippen LogP contribution is 2.27. The van der Waals surface area contributed by atoms with E-state index < -0.39 is 31.0 Å². The first-order valence-electron chi connectivity index (χ1n) is 9.26. The van der Waals surface area contributed by atoms with Gasteiger partial charge in [0.25, 0.3) is 0 Å². The van der Waals surface area contributed by atoms with Gasteiger partial charge in [-0.2, -0.15) is 0 Å². The van der Waals surface area contributed by atoms with Crippen molar-refractivity contribution in [3.05, 3.63) is 60.2 Å². The van der Waals surface area contributed by atoms with E-state index >= 15 is 0 Å². The van der Waals surface area contributed by atoms with Crippen molar-refractivity contribution in [1.29, 1.82) is 0 Å². The molecule has 2 atom stereocenters. The molecule has 6 nitrogen and oxygen atoms in total. The zero-order chi connectivity index (χ0) is 20.2. The highest BCUT2D eigenvalue weighted by Gasteiger charge is 2.45. The maximum absolute atomic E-state index is 13.1. The lowest BCUT2D eigenvalue weighted by molar-refractivity contribution is 0.340. The highest BCUT2D eigenvalue weighted by atomic mass is 32.2. The first kappa shape index (κ1) is 20.8. The molecule has 0 spiro atoms. The minimum absolute atomic E-state index is 0.118. The van der Waals surface area contributed by atoms with E-state index in [0.29, 0.717) is 25.3 Å². The fraction of sp³-hybridized carbons (Fsp3) is 0.400. The van der Waals surface area contributed by atoms with Crippen LogP contribution < -0.4 is 10.1 Å². The van der Waals surface area contributed by atoms with E-state index in [1.807, 2.05) is 37.3 Å². The molecule has 1 aliphatic rings. The number of hydrogen-bond donors (Lipinski definition) is 1. The van der Waals surface area contributed by atoms with Gasteiger partial charge in [-0.15, -0.1) is 0 Å². The van der Waals surface area contributed by atoms with Gasteiger partial charge in [-0.1, -0.05) is 30.3 Å². The van der Waals surface area contributed by atoms with Crippen molar-refractivity contribution < 1.29 is 21.6 Å². The summed E-state index contributed by atoms with van der Waals surface area (Å²) >= 11 is 0. The zero-order valence-corrected chi connectivity index (χ0v) is 17.4. The molecule has 0 amide bonds. The quantitative estimate of drug-likeness (QED) is 0.697. The number of nitrogens with one attached hydrogen (secondary N) is 1. The van der Waals surface area contributed by atoms with E-state index in [4.69, 9.17) is 4.74 Å². The maximum Gasteiger partial charge on any atom is 0.183 e. The van der Waals surface area contributed by atoms with Gasteiger partial charge < -0.3 is 10.1 Å². The third kappa shape index (κ3) is 4.92. The van der Waals surface area contributed by atoms with E-state index in [0.717, 1.165) is 5.56 Å². The predicted molar refractivity (Wildman–Crippen MR) is 109 cm³/mol. The monoisotopic (exact) mass is 423 g/mol. The Morgan fingerprint density at radius 3 is 2.36 bits per heavy atom. The summed E-state index contributed by atoms with van der Waals surface area (Å²) in [5.41, 5.74) is 1.11. The average molecular weight is 424 g/mol. The van der Waals surface area contributed by atoms with Gasteiger partial charge in [0.2, 0.25) is 0 Å². The molecule has 2 aromatic carbocycles. The normalized spacial score (nSPS) is 21.5. The minimum Gasteiger partial charge on any atom is -0.494 e. The van der Waals surface area contributed by atoms with E-state index in [9.17, 15) is 16.8 Å². The molecule has 8 heteroatoms. The smallest absolute Gasteiger partial charge is 0.183 e. The number of sulfone groups is 2. The lowest BCUT2D eigenvalue weighted by atomic mass is 10.1. The molecule has 0 aliphatic carbocycles. The molecule has 152 valence electrons. The fourth-order valence-electron chi connectivity index (χ4n) is 3.43. The van der Waals surface area contributed by atoms with Gasteiger partial charge >= 0.3 is 0 Å². The Kier molecular flexibility index (Phi) is 6.42. The number of hydrogen-bond acceptors (Lipinski definition) is 6. The Hall–Kier alpha value is -1.90. The van der Waals surface area contributed by atoms with Crippen molar-refractivity contribution >= 4 is 19.7 Å². The van der Waals surface area contributed by atoms with Crippen LogP contribution in [-0.2, 0) is 26.1 Å². The molecule has 0 unspecified atom stereocenters. The molecular formula is C20H25NO5S2. The van der Waals surface area contributed by atoms with Crippen molar-refractivity contribution in [2.45, 2.75) is 29.5 Å². The van der Waals surface area contributed by atoms with E-state index in [2.05, 4.69) is 5.32 Å². The Morgan fingerprint density at radius 1 is 1.04 bits per heavy atom. The summed E-state index contributed by atoms with van der Waals surface area (Å²) in [7, 11) is -7.20. The van der Waals surface area contributed by atoms with Crippen LogP contribution in [0, 0.1) is 0 Å². The summed E-state index contributed by atoms with van der Waals surface area (Å²) in [4.78, 5) is 0.118. The van der Waals surface area contributed by atoms with Gasteiger partial charge in [-0.3, -0.25) is 0 Å². The Labute approximate surface area is 166 Å². The number of rotatable bonds is 8. The first-order chi connectivity index (χ1) is 13.3. The van der Waals surface area contributed by atoms with Gasteiger partial charge in [0.05, 0.1) is 28.3 Å². The van der Waals surface area contributed by atoms with Crippen LogP contribution in [-0.4, -0.2) is 52.8 Å². The zero-order valence-electron chi connectivity index (χ0n) is 15.7. The Morgan fingerprint density at radius 2 is 1.71 bits per heavy atom. The molecule has 1 fully saturated rings. The molecule has 1 aliphatic heterocycles. The third-order valence-corrected chi connectivity index (χ3v) is 8.99. The van der Waals surface area contributed by atoms with Crippen molar-refractivity contribution in [2.75, 3.05) is 24.7 Å². The van der Waals surface area contributed by atoms with E-state index in [-0.39, 0.29) is 16.4 Å². The highest BCUT2D eigenvalue weighted by molar-refractivity contribution is 7.96. The molecule has 28 heavy (non-hydrogen) atoms. The SMILES string of the molecule is CCOc1ccc(S(=O)(=O)[C@@H]2CS(=O)(=O)C[C@H]2NCCc2ccccc2)cc1. The summed E-state index contributed by atoms with van der Waals surface area (Å²) in [6.07, 6.45) is 0.702. The average Bonchev–Trinajstić information content (AvgIpc) is 2.99. The van der Waals surface area contributed by atoms with Gasteiger partial charge in [0.15, 0.2) is 19.7 Å². The van der Waals surface area contributed by atoms with E-state index in [1.54, 1.807) is 12.1 Å². The largest absolute Gasteiger partial charge is 0.494 e. The standard InChI is InChI=1S/C20H25NO5S2/c1-2-26-17-8-10-18(11-9-17)28(24,25)20-15-27(22,23)14-19(20)21-13-12-16-6-4-3-5-7-16/h3-11,19-21H,2,12-15H2,1H3/t19-,20-/m1/s1. The summed E-state index contributed by atoms with van der Waals surface area (Å²) < 4.78 is 55.9. The van der Waals surface area contributed by atoms with E-state index in [1.165, 1.54) is 12.1 Å². The van der Waals surface area contributed by atoms with Crippen LogP contribution in [0.25, 0.3) is 0 Å². The van der Waals surface area contributed by atoms with Crippen LogP contribution in [0.4, 0.5) is 0 Å². The molecule has 0 aromatic heterocycles. The van der Waals surface area contributed by atoms with Crippen LogP contribution in [0.15, 0.2) is 59.5 Å². The minimum atomic E-state index is -3.78. The Bertz CT molecular complexity index is 987. The predicted octanol–water partition coefficient (Wildman–Crippen LogP) is 1.86. The molecule has 1 N–H and O–H groups in total. The first-order valence-corrected chi connectivity index (χ1v) is 12.6. The lowest BCUT2D eigenvalue weighted by Gasteiger charge is -2.20. The summed E-state index contributed by atoms with van der Waals surface area (Å²) in [5.74, 6) is 0.0619. The summed E-state index contributed by atoms with van der Waals surface area (Å²) in [6, 6.07) is 15.3. The molecule has 1 saturated heterocycles. The second-order valence-electron chi connectivity index (χ2n) is 6.86. The second-order valence-corrected chi connectivity index (χ2v) is 11.2. The maximum atomic E-state index is 13.1. The van der Waals surface area contributed by atoms with Crippen molar-refractivity contribution in [1.82, 2.24) is 5.32 Å². The second kappa shape index (κ2) is 8.63. The molecule has 0 radical (unpaired) electrons. The molecule has 2 aromatic rings. The molecular weight excluding hydrogens is 398 g/mol. The van der Waals surface area contributed by atoms with Crippen LogP contribution in [0.3, 0.4) is 0 Å². The van der Waals surface area contributed by atoms with Crippen LogP contribution >= 0.6 is 0 Å². The summed E-state index contributed by atoms with van der Waals surface area (Å²) in [5, 5.41) is 2.17. The van der Waals surface area contributed by atoms with Crippen LogP contribution in [0.1, 0.15) is 12.5 Å². The third-order valence-electron chi connectivity index (χ3n) is 4.83. The van der Waals surface area contributed by atoms with Crippen molar-refractivity contribution in [2.24, 2.45) is 0 Å². The number of ether oxygens (including phenoxy) is 1. The molecule has 0 bridgehead atoms. The molecule has 3 rings (SSSR count). The van der Waals surface area contributed by atoms with Crippen molar-refractivity contribution in [3.8, 4) is 5.75 Å². The van der Waals surface area contributed by atoms with Crippen LogP contribution in [0.5, 0.6) is 5.75 Å². The van der Waals surface area contributed by atoms with Gasteiger partial charge in [0, 0.05) is 6.04 Å². The van der Waals surface area contributed by atoms with Crippen LogP contribution in [0.2, 0.25) is 0 Å². The van der Waals surface area contributed by atoms with Crippen molar-refractivity contribution in [3.63, 3.8) is 0 Å². The Balaban J connectivity index is 1.74. The topological polar surface area (TPSA) is 89.5 Å². The number of benzene rings is 2. The summed E-state index contributed by atoms with van der Waals surface area (Å²) in [6.45, 7) is 2.85. The molecule has 1 heterocycles. The molecule has 0 saturated carbocycles. The lowest BCUT2D eigenvalue weighted by Crippen LogP contribution is -2.44. The van der Waals surface area contributed by atoms with Gasteiger partial charge in [-0.25, -0.2) is 16.8 Å².